The lowest BCUT2D eigenvalue weighted by atomic mass is 9.98. The molecular formula is C22H13ClN2. The van der Waals surface area contributed by atoms with Crippen molar-refractivity contribution in [3.63, 3.8) is 0 Å². The van der Waals surface area contributed by atoms with Crippen LogP contribution < -0.4 is 0 Å². The maximum atomic E-state index is 6.23. The van der Waals surface area contributed by atoms with Crippen LogP contribution in [0.25, 0.3) is 43.6 Å². The molecule has 0 aliphatic heterocycles. The zero-order valence-electron chi connectivity index (χ0n) is 13.3. The van der Waals surface area contributed by atoms with Crippen LogP contribution in [0.15, 0.2) is 79.1 Å². The smallest absolute Gasteiger partial charge is 0.136 e. The summed E-state index contributed by atoms with van der Waals surface area (Å²) < 4.78 is 0. The molecule has 0 aliphatic rings. The molecule has 0 saturated heterocycles. The highest BCUT2D eigenvalue weighted by Crippen LogP contribution is 2.33. The largest absolute Gasteiger partial charge is 0.256 e. The summed E-state index contributed by atoms with van der Waals surface area (Å²) in [5.41, 5.74) is 2.12. The minimum Gasteiger partial charge on any atom is -0.256 e. The Labute approximate surface area is 149 Å². The number of fused-ring (bicyclic) bond motifs is 4. The van der Waals surface area contributed by atoms with Gasteiger partial charge in [0, 0.05) is 28.7 Å². The molecule has 2 heterocycles. The van der Waals surface area contributed by atoms with Gasteiger partial charge in [-0.3, -0.25) is 4.98 Å². The number of hydrogen-bond acceptors (Lipinski definition) is 2. The molecule has 0 N–H and O–H groups in total. The summed E-state index contributed by atoms with van der Waals surface area (Å²) >= 11 is 6.23. The van der Waals surface area contributed by atoms with E-state index in [2.05, 4.69) is 58.5 Å². The number of hydrogen-bond donors (Lipinski definition) is 0. The molecule has 0 radical (unpaired) electrons. The quantitative estimate of drug-likeness (QED) is 0.266. The number of rotatable bonds is 1. The summed E-state index contributed by atoms with van der Waals surface area (Å²) in [4.78, 5) is 8.80. The average Bonchev–Trinajstić information content (AvgIpc) is 2.67. The summed E-state index contributed by atoms with van der Waals surface area (Å²) in [6.07, 6.45) is 3.62. The fourth-order valence-electron chi connectivity index (χ4n) is 3.46. The van der Waals surface area contributed by atoms with Gasteiger partial charge in [0.25, 0.3) is 0 Å². The van der Waals surface area contributed by atoms with Crippen molar-refractivity contribution in [2.75, 3.05) is 0 Å². The van der Waals surface area contributed by atoms with Crippen LogP contribution in [0, 0.1) is 0 Å². The van der Waals surface area contributed by atoms with Crippen molar-refractivity contribution < 1.29 is 0 Å². The van der Waals surface area contributed by atoms with Crippen LogP contribution in [0.2, 0.25) is 5.15 Å². The third kappa shape index (κ3) is 2.26. The van der Waals surface area contributed by atoms with E-state index >= 15 is 0 Å². The Balaban J connectivity index is 1.79. The van der Waals surface area contributed by atoms with E-state index in [1.165, 1.54) is 16.2 Å². The van der Waals surface area contributed by atoms with Gasteiger partial charge >= 0.3 is 0 Å². The standard InChI is InChI=1S/C22H13ClN2/c23-22-20-8-5-15-13-16(6-7-17(15)19(20)10-12-25-22)21-18-4-2-1-3-14(18)9-11-24-21/h1-13H. The molecule has 0 spiro atoms. The molecule has 0 saturated carbocycles. The Kier molecular flexibility index (Phi) is 3.19. The summed E-state index contributed by atoms with van der Waals surface area (Å²) in [6, 6.07) is 23.0. The van der Waals surface area contributed by atoms with Crippen LogP contribution in [-0.2, 0) is 0 Å². The van der Waals surface area contributed by atoms with Crippen molar-refractivity contribution in [1.29, 1.82) is 0 Å². The van der Waals surface area contributed by atoms with Crippen molar-refractivity contribution in [2.45, 2.75) is 0 Å². The Bertz CT molecular complexity index is 1260. The van der Waals surface area contributed by atoms with Crippen molar-refractivity contribution in [3.05, 3.63) is 84.3 Å². The number of nitrogens with zero attached hydrogens (tertiary/aromatic N) is 2. The Morgan fingerprint density at radius 3 is 2.40 bits per heavy atom. The summed E-state index contributed by atoms with van der Waals surface area (Å²) in [5.74, 6) is 0. The lowest BCUT2D eigenvalue weighted by molar-refractivity contribution is 1.36. The van der Waals surface area contributed by atoms with E-state index in [1.54, 1.807) is 6.20 Å². The minimum absolute atomic E-state index is 0.541. The van der Waals surface area contributed by atoms with E-state index in [1.807, 2.05) is 24.4 Å². The number of pyridine rings is 2. The number of aromatic nitrogens is 2. The second-order valence-corrected chi connectivity index (χ2v) is 6.44. The maximum Gasteiger partial charge on any atom is 0.136 e. The highest BCUT2D eigenvalue weighted by Gasteiger charge is 2.08. The van der Waals surface area contributed by atoms with Crippen LogP contribution in [0.5, 0.6) is 0 Å². The summed E-state index contributed by atoms with van der Waals surface area (Å²) in [6.45, 7) is 0. The van der Waals surface area contributed by atoms with E-state index in [0.717, 1.165) is 27.4 Å². The molecule has 0 amide bonds. The molecular weight excluding hydrogens is 328 g/mol. The van der Waals surface area contributed by atoms with Crippen molar-refractivity contribution in [1.82, 2.24) is 9.97 Å². The van der Waals surface area contributed by atoms with Crippen LogP contribution in [0.1, 0.15) is 0 Å². The topological polar surface area (TPSA) is 25.8 Å². The second-order valence-electron chi connectivity index (χ2n) is 6.08. The molecule has 0 fully saturated rings. The van der Waals surface area contributed by atoms with Gasteiger partial charge in [-0.05, 0) is 39.7 Å². The van der Waals surface area contributed by atoms with E-state index in [0.29, 0.717) is 5.15 Å². The first-order chi connectivity index (χ1) is 12.3. The molecule has 2 nitrogen and oxygen atoms in total. The minimum atomic E-state index is 0.541. The maximum absolute atomic E-state index is 6.23. The van der Waals surface area contributed by atoms with Crippen LogP contribution in [-0.4, -0.2) is 9.97 Å². The van der Waals surface area contributed by atoms with E-state index in [-0.39, 0.29) is 0 Å². The average molecular weight is 341 g/mol. The summed E-state index contributed by atoms with van der Waals surface area (Å²) in [7, 11) is 0. The van der Waals surface area contributed by atoms with E-state index < -0.39 is 0 Å². The SMILES string of the molecule is Clc1nccc2c1ccc1cc(-c3nccc4ccccc34)ccc12. The zero-order chi connectivity index (χ0) is 16.8. The molecule has 118 valence electrons. The fraction of sp³-hybridized carbons (Fsp3) is 0. The zero-order valence-corrected chi connectivity index (χ0v) is 14.0. The van der Waals surface area contributed by atoms with Gasteiger partial charge in [-0.15, -0.1) is 0 Å². The molecule has 0 bridgehead atoms. The molecule has 0 aliphatic carbocycles. The van der Waals surface area contributed by atoms with Gasteiger partial charge in [-0.1, -0.05) is 60.1 Å². The van der Waals surface area contributed by atoms with Gasteiger partial charge in [-0.2, -0.15) is 0 Å². The highest BCUT2D eigenvalue weighted by atomic mass is 35.5. The highest BCUT2D eigenvalue weighted by molar-refractivity contribution is 6.35. The Morgan fingerprint density at radius 2 is 1.44 bits per heavy atom. The van der Waals surface area contributed by atoms with Gasteiger partial charge in [0.15, 0.2) is 0 Å². The van der Waals surface area contributed by atoms with Gasteiger partial charge in [0.2, 0.25) is 0 Å². The lowest BCUT2D eigenvalue weighted by Crippen LogP contribution is -1.87. The molecule has 0 atom stereocenters. The first kappa shape index (κ1) is 14.4. The first-order valence-corrected chi connectivity index (χ1v) is 8.50. The van der Waals surface area contributed by atoms with Gasteiger partial charge in [0.1, 0.15) is 5.15 Å². The van der Waals surface area contributed by atoms with Crippen molar-refractivity contribution in [2.24, 2.45) is 0 Å². The molecule has 5 rings (SSSR count). The van der Waals surface area contributed by atoms with Gasteiger partial charge in [-0.25, -0.2) is 4.98 Å². The normalized spacial score (nSPS) is 11.4. The molecule has 3 aromatic carbocycles. The lowest BCUT2D eigenvalue weighted by Gasteiger charge is -2.09. The molecule has 5 aromatic rings. The Hall–Kier alpha value is -2.97. The predicted octanol–water partition coefficient (Wildman–Crippen LogP) is 6.26. The van der Waals surface area contributed by atoms with Crippen molar-refractivity contribution >= 4 is 43.9 Å². The second kappa shape index (κ2) is 5.54. The molecule has 3 heteroatoms. The van der Waals surface area contributed by atoms with E-state index in [4.69, 9.17) is 11.6 Å². The number of benzene rings is 3. The van der Waals surface area contributed by atoms with Crippen LogP contribution in [0.3, 0.4) is 0 Å². The van der Waals surface area contributed by atoms with Crippen molar-refractivity contribution in [3.8, 4) is 11.3 Å². The summed E-state index contributed by atoms with van der Waals surface area (Å²) in [5, 5.41) is 7.34. The van der Waals surface area contributed by atoms with Crippen LogP contribution in [0.4, 0.5) is 0 Å². The first-order valence-electron chi connectivity index (χ1n) is 8.12. The van der Waals surface area contributed by atoms with E-state index in [9.17, 15) is 0 Å². The van der Waals surface area contributed by atoms with Gasteiger partial charge in [0.05, 0.1) is 5.69 Å². The van der Waals surface area contributed by atoms with Crippen LogP contribution >= 0.6 is 11.6 Å². The molecule has 2 aromatic heterocycles. The molecule has 0 unspecified atom stereocenters. The third-order valence-electron chi connectivity index (χ3n) is 4.66. The number of halogens is 1. The monoisotopic (exact) mass is 340 g/mol. The fourth-order valence-corrected chi connectivity index (χ4v) is 3.68. The predicted molar refractivity (Wildman–Crippen MR) is 105 cm³/mol. The third-order valence-corrected chi connectivity index (χ3v) is 4.96. The van der Waals surface area contributed by atoms with Gasteiger partial charge < -0.3 is 0 Å². The Morgan fingerprint density at radius 1 is 0.600 bits per heavy atom. The molecule has 25 heavy (non-hydrogen) atoms.